The van der Waals surface area contributed by atoms with E-state index in [1.165, 1.54) is 0 Å². The molecule has 0 heterocycles. The molecule has 0 atom stereocenters. The molecule has 2 heteroatoms. The average molecular weight is 155 g/mol. The fourth-order valence-electron chi connectivity index (χ4n) is 0.487. The van der Waals surface area contributed by atoms with Gasteiger partial charge >= 0.3 is 0 Å². The lowest BCUT2D eigenvalue weighted by Crippen LogP contribution is -2.04. The van der Waals surface area contributed by atoms with E-state index in [-0.39, 0.29) is 0 Å². The summed E-state index contributed by atoms with van der Waals surface area (Å²) in [6, 6.07) is 0. The minimum absolute atomic E-state index is 0.504. The molecule has 0 aromatic rings. The smallest absolute Gasteiger partial charge is 0.102 e. The van der Waals surface area contributed by atoms with E-state index in [9.17, 15) is 0 Å². The Kier molecular flexibility index (Phi) is 3.84. The Morgan fingerprint density at radius 3 is 2.00 bits per heavy atom. The molecule has 0 rings (SSSR count). The number of hydrogen-bond donors (Lipinski definition) is 0. The van der Waals surface area contributed by atoms with Gasteiger partial charge in [0.2, 0.25) is 0 Å². The molecule has 0 unspecified atom stereocenters. The molecule has 50 valence electrons. The molecule has 0 aliphatic carbocycles. The fraction of sp³-hybridized carbons (Fsp3) is 1.00. The van der Waals surface area contributed by atoms with Gasteiger partial charge in [-0.15, -0.1) is 23.2 Å². The largest absolute Gasteiger partial charge is 0.115 e. The monoisotopic (exact) mass is 154 g/mol. The molecule has 0 aliphatic heterocycles. The van der Waals surface area contributed by atoms with Crippen LogP contribution in [0.25, 0.3) is 0 Å². The molecule has 0 saturated carbocycles. The van der Waals surface area contributed by atoms with Gasteiger partial charge in [-0.1, -0.05) is 19.8 Å². The van der Waals surface area contributed by atoms with Crippen LogP contribution in [-0.2, 0) is 0 Å². The number of rotatable bonds is 3. The molecule has 0 aliphatic rings. The third-order valence-corrected chi connectivity index (χ3v) is 1.35. The van der Waals surface area contributed by atoms with E-state index in [4.69, 9.17) is 23.2 Å². The van der Waals surface area contributed by atoms with E-state index in [0.717, 1.165) is 19.3 Å². The molecule has 0 bridgehead atoms. The summed E-state index contributed by atoms with van der Waals surface area (Å²) in [6.45, 7) is 3.95. The molecular weight excluding hydrogens is 143 g/mol. The van der Waals surface area contributed by atoms with Crippen molar-refractivity contribution in [1.29, 1.82) is 0 Å². The minimum atomic E-state index is -0.504. The summed E-state index contributed by atoms with van der Waals surface area (Å²) < 4.78 is -0.504. The van der Waals surface area contributed by atoms with Crippen LogP contribution in [0.3, 0.4) is 0 Å². The first-order valence-electron chi connectivity index (χ1n) is 2.94. The first-order chi connectivity index (χ1) is 3.56. The van der Waals surface area contributed by atoms with E-state index in [0.29, 0.717) is 0 Å². The molecule has 0 saturated heterocycles. The van der Waals surface area contributed by atoms with Crippen LogP contribution >= 0.6 is 23.2 Å². The molecule has 0 radical (unpaired) electrons. The van der Waals surface area contributed by atoms with Gasteiger partial charge in [0, 0.05) is 0 Å². The highest BCUT2D eigenvalue weighted by Crippen LogP contribution is 2.25. The number of unbranched alkanes of at least 4 members (excludes halogenated alkanes) is 1. The molecule has 0 fully saturated rings. The molecule has 0 spiro atoms. The number of hydrogen-bond acceptors (Lipinski definition) is 0. The second kappa shape index (κ2) is 3.58. The second-order valence-corrected chi connectivity index (χ2v) is 4.04. The van der Waals surface area contributed by atoms with Gasteiger partial charge in [0.05, 0.1) is 0 Å². The minimum Gasteiger partial charge on any atom is -0.102 e. The molecule has 8 heavy (non-hydrogen) atoms. The van der Waals surface area contributed by atoms with E-state index in [1.54, 1.807) is 0 Å². The van der Waals surface area contributed by atoms with Gasteiger partial charge in [0.1, 0.15) is 4.33 Å². The highest BCUT2D eigenvalue weighted by atomic mass is 35.5. The highest BCUT2D eigenvalue weighted by molar-refractivity contribution is 6.48. The zero-order chi connectivity index (χ0) is 6.62. The fourth-order valence-corrected chi connectivity index (χ4v) is 0.754. The number of halogens is 2. The summed E-state index contributed by atoms with van der Waals surface area (Å²) in [4.78, 5) is 0. The van der Waals surface area contributed by atoms with Crippen LogP contribution in [0.15, 0.2) is 0 Å². The lowest BCUT2D eigenvalue weighted by molar-refractivity contribution is 0.671. The van der Waals surface area contributed by atoms with Crippen molar-refractivity contribution in [2.24, 2.45) is 0 Å². The van der Waals surface area contributed by atoms with Crippen molar-refractivity contribution in [1.82, 2.24) is 0 Å². The average Bonchev–Trinajstić information content (AvgIpc) is 1.59. The van der Waals surface area contributed by atoms with Crippen molar-refractivity contribution >= 4 is 23.2 Å². The zero-order valence-corrected chi connectivity index (χ0v) is 6.89. The van der Waals surface area contributed by atoms with Crippen LogP contribution in [0.1, 0.15) is 33.1 Å². The van der Waals surface area contributed by atoms with Gasteiger partial charge < -0.3 is 0 Å². The van der Waals surface area contributed by atoms with Crippen LogP contribution in [0.5, 0.6) is 0 Å². The molecular formula is C6H12Cl2. The summed E-state index contributed by atoms with van der Waals surface area (Å²) in [7, 11) is 0. The van der Waals surface area contributed by atoms with Crippen LogP contribution in [-0.4, -0.2) is 4.33 Å². The Balaban J connectivity index is 3.11. The molecule has 0 aromatic heterocycles. The molecule has 0 N–H and O–H groups in total. The van der Waals surface area contributed by atoms with Gasteiger partial charge in [-0.2, -0.15) is 0 Å². The maximum Gasteiger partial charge on any atom is 0.115 e. The van der Waals surface area contributed by atoms with Crippen LogP contribution in [0, 0.1) is 0 Å². The Morgan fingerprint density at radius 2 is 1.88 bits per heavy atom. The van der Waals surface area contributed by atoms with Crippen LogP contribution in [0.2, 0.25) is 0 Å². The topological polar surface area (TPSA) is 0 Å². The summed E-state index contributed by atoms with van der Waals surface area (Å²) in [5.41, 5.74) is 0. The third kappa shape index (κ3) is 6.58. The van der Waals surface area contributed by atoms with Crippen LogP contribution < -0.4 is 0 Å². The maximum absolute atomic E-state index is 5.68. The van der Waals surface area contributed by atoms with Crippen LogP contribution in [0.4, 0.5) is 0 Å². The third-order valence-electron chi connectivity index (χ3n) is 0.969. The summed E-state index contributed by atoms with van der Waals surface area (Å²) in [6.07, 6.45) is 3.17. The molecule has 0 nitrogen and oxygen atoms in total. The van der Waals surface area contributed by atoms with E-state index < -0.39 is 4.33 Å². The molecule has 0 aromatic carbocycles. The lowest BCUT2D eigenvalue weighted by Gasteiger charge is -2.10. The van der Waals surface area contributed by atoms with Gasteiger partial charge in [0.15, 0.2) is 0 Å². The van der Waals surface area contributed by atoms with Gasteiger partial charge in [-0.05, 0) is 13.3 Å². The Hall–Kier alpha value is 0.580. The van der Waals surface area contributed by atoms with Crippen molar-refractivity contribution in [3.05, 3.63) is 0 Å². The second-order valence-electron chi connectivity index (χ2n) is 2.17. The predicted octanol–water partition coefficient (Wildman–Crippen LogP) is 3.37. The van der Waals surface area contributed by atoms with E-state index in [2.05, 4.69) is 6.92 Å². The molecule has 0 amide bonds. The first kappa shape index (κ1) is 8.58. The van der Waals surface area contributed by atoms with Crippen molar-refractivity contribution < 1.29 is 0 Å². The zero-order valence-electron chi connectivity index (χ0n) is 5.38. The van der Waals surface area contributed by atoms with Gasteiger partial charge in [-0.25, -0.2) is 0 Å². The number of alkyl halides is 2. The summed E-state index contributed by atoms with van der Waals surface area (Å²) in [5.74, 6) is 0. The quantitative estimate of drug-likeness (QED) is 0.548. The van der Waals surface area contributed by atoms with Gasteiger partial charge in [-0.3, -0.25) is 0 Å². The highest BCUT2D eigenvalue weighted by Gasteiger charge is 2.13. The normalized spacial score (nSPS) is 12.0. The first-order valence-corrected chi connectivity index (χ1v) is 3.69. The van der Waals surface area contributed by atoms with Crippen molar-refractivity contribution in [2.75, 3.05) is 0 Å². The van der Waals surface area contributed by atoms with Crippen molar-refractivity contribution in [3.8, 4) is 0 Å². The Labute approximate surface area is 61.2 Å². The van der Waals surface area contributed by atoms with Crippen molar-refractivity contribution in [2.45, 2.75) is 37.4 Å². The Morgan fingerprint density at radius 1 is 1.38 bits per heavy atom. The van der Waals surface area contributed by atoms with Gasteiger partial charge in [0.25, 0.3) is 0 Å². The maximum atomic E-state index is 5.68. The summed E-state index contributed by atoms with van der Waals surface area (Å²) in [5, 5.41) is 0. The van der Waals surface area contributed by atoms with Crippen molar-refractivity contribution in [3.63, 3.8) is 0 Å². The lowest BCUT2D eigenvalue weighted by atomic mass is 10.2. The Bertz CT molecular complexity index is 54.0. The standard InChI is InChI=1S/C6H12Cl2/c1-3-4-5-6(2,7)8/h3-5H2,1-2H3. The SMILES string of the molecule is CCCCC(C)(Cl)Cl. The summed E-state index contributed by atoms with van der Waals surface area (Å²) >= 11 is 11.4. The predicted molar refractivity (Wildman–Crippen MR) is 39.6 cm³/mol. The van der Waals surface area contributed by atoms with E-state index in [1.807, 2.05) is 6.92 Å². The van der Waals surface area contributed by atoms with E-state index >= 15 is 0 Å².